The number of carbonyl (C=O) groups is 2. The Balaban J connectivity index is 1.38. The van der Waals surface area contributed by atoms with Crippen molar-refractivity contribution < 1.29 is 14.0 Å². The number of hydrogen-bond donors (Lipinski definition) is 0. The highest BCUT2D eigenvalue weighted by Gasteiger charge is 2.38. The highest BCUT2D eigenvalue weighted by Crippen LogP contribution is 2.32. The molecule has 2 heterocycles. The molecule has 0 bridgehead atoms. The summed E-state index contributed by atoms with van der Waals surface area (Å²) in [6.07, 6.45) is 4.16. The fourth-order valence-corrected chi connectivity index (χ4v) is 4.34. The van der Waals surface area contributed by atoms with Gasteiger partial charge in [-0.1, -0.05) is 11.6 Å². The summed E-state index contributed by atoms with van der Waals surface area (Å²) >= 11 is 6.09. The number of hydrogen-bond acceptors (Lipinski definition) is 3. The van der Waals surface area contributed by atoms with Crippen LogP contribution in [0.4, 0.5) is 4.39 Å². The van der Waals surface area contributed by atoms with Gasteiger partial charge < -0.3 is 9.80 Å². The molecular formula is C20H25ClFN3O2. The second-order valence-corrected chi connectivity index (χ2v) is 8.25. The number of carbonyl (C=O) groups excluding carboxylic acids is 2. The van der Waals surface area contributed by atoms with Crippen LogP contribution >= 0.6 is 11.6 Å². The molecule has 27 heavy (non-hydrogen) atoms. The molecule has 1 aromatic rings. The second kappa shape index (κ2) is 7.76. The van der Waals surface area contributed by atoms with Crippen LogP contribution in [0.25, 0.3) is 0 Å². The molecule has 0 unspecified atom stereocenters. The lowest BCUT2D eigenvalue weighted by atomic mass is 10.2. The Bertz CT molecular complexity index is 740. The van der Waals surface area contributed by atoms with Crippen LogP contribution in [0.2, 0.25) is 5.02 Å². The lowest BCUT2D eigenvalue weighted by molar-refractivity contribution is -0.132. The summed E-state index contributed by atoms with van der Waals surface area (Å²) in [5.41, 5.74) is 0.206. The molecule has 4 rings (SSSR count). The number of halogens is 2. The van der Waals surface area contributed by atoms with Crippen molar-refractivity contribution in [2.24, 2.45) is 5.92 Å². The number of amides is 2. The van der Waals surface area contributed by atoms with Crippen LogP contribution in [-0.2, 0) is 4.79 Å². The predicted octanol–water partition coefficient (Wildman–Crippen LogP) is 2.64. The number of likely N-dealkylation sites (tertiary alicyclic amines) is 1. The summed E-state index contributed by atoms with van der Waals surface area (Å²) in [6.45, 7) is 4.33. The first-order valence-corrected chi connectivity index (χ1v) is 10.2. The van der Waals surface area contributed by atoms with Gasteiger partial charge in [0.2, 0.25) is 5.91 Å². The first-order valence-electron chi connectivity index (χ1n) is 9.80. The van der Waals surface area contributed by atoms with Gasteiger partial charge in [0.25, 0.3) is 5.91 Å². The summed E-state index contributed by atoms with van der Waals surface area (Å²) in [4.78, 5) is 31.5. The molecule has 2 saturated heterocycles. The van der Waals surface area contributed by atoms with Crippen LogP contribution in [0.3, 0.4) is 0 Å². The molecule has 0 aromatic heterocycles. The van der Waals surface area contributed by atoms with Gasteiger partial charge in [-0.3, -0.25) is 14.5 Å². The fraction of sp³-hybridized carbons (Fsp3) is 0.600. The van der Waals surface area contributed by atoms with Gasteiger partial charge in [0, 0.05) is 39.3 Å². The molecule has 0 N–H and O–H groups in total. The zero-order valence-corrected chi connectivity index (χ0v) is 16.1. The van der Waals surface area contributed by atoms with Crippen molar-refractivity contribution in [3.8, 4) is 0 Å². The normalized spacial score (nSPS) is 24.4. The zero-order chi connectivity index (χ0) is 19.0. The van der Waals surface area contributed by atoms with Crippen LogP contribution in [0.15, 0.2) is 18.2 Å². The molecule has 1 aliphatic carbocycles. The fourth-order valence-electron chi connectivity index (χ4n) is 4.14. The molecule has 2 amide bonds. The van der Waals surface area contributed by atoms with Crippen molar-refractivity contribution in [2.45, 2.75) is 31.7 Å². The van der Waals surface area contributed by atoms with Gasteiger partial charge in [0.1, 0.15) is 5.82 Å². The molecule has 0 spiro atoms. The van der Waals surface area contributed by atoms with E-state index in [2.05, 4.69) is 4.90 Å². The molecular weight excluding hydrogens is 369 g/mol. The van der Waals surface area contributed by atoms with E-state index in [0.717, 1.165) is 32.5 Å². The van der Waals surface area contributed by atoms with Crippen LogP contribution in [-0.4, -0.2) is 71.8 Å². The van der Waals surface area contributed by atoms with Gasteiger partial charge in [-0.05, 0) is 49.8 Å². The Kier molecular flexibility index (Phi) is 5.37. The van der Waals surface area contributed by atoms with E-state index >= 15 is 0 Å². The van der Waals surface area contributed by atoms with E-state index in [4.69, 9.17) is 11.6 Å². The van der Waals surface area contributed by atoms with E-state index in [-0.39, 0.29) is 28.4 Å². The average molecular weight is 394 g/mol. The lowest BCUT2D eigenvalue weighted by Crippen LogP contribution is -2.44. The monoisotopic (exact) mass is 393 g/mol. The van der Waals surface area contributed by atoms with Crippen molar-refractivity contribution >= 4 is 23.4 Å². The first-order chi connectivity index (χ1) is 13.0. The standard InChI is InChI=1S/C20H25ClFN3O2/c21-17-5-4-15(22)12-16(17)19(26)24-8-1-7-23(10-11-24)18-6-9-25(20(18)27)13-14-2-3-14/h4-5,12,14,18H,1-3,6-11,13H2/t18-/m0/s1. The van der Waals surface area contributed by atoms with E-state index < -0.39 is 5.82 Å². The topological polar surface area (TPSA) is 43.9 Å². The summed E-state index contributed by atoms with van der Waals surface area (Å²) < 4.78 is 13.5. The van der Waals surface area contributed by atoms with Gasteiger partial charge >= 0.3 is 0 Å². The number of rotatable bonds is 4. The maximum atomic E-state index is 13.5. The van der Waals surface area contributed by atoms with Crippen molar-refractivity contribution in [2.75, 3.05) is 39.3 Å². The molecule has 2 aliphatic heterocycles. The van der Waals surface area contributed by atoms with Crippen LogP contribution in [0.5, 0.6) is 0 Å². The minimum absolute atomic E-state index is 0.0587. The molecule has 3 fully saturated rings. The van der Waals surface area contributed by atoms with Gasteiger partial charge in [-0.25, -0.2) is 4.39 Å². The molecule has 7 heteroatoms. The van der Waals surface area contributed by atoms with Gasteiger partial charge in [-0.2, -0.15) is 0 Å². The van der Waals surface area contributed by atoms with Gasteiger partial charge in [0.05, 0.1) is 16.6 Å². The summed E-state index contributed by atoms with van der Waals surface area (Å²) in [7, 11) is 0. The maximum Gasteiger partial charge on any atom is 0.255 e. The van der Waals surface area contributed by atoms with Crippen molar-refractivity contribution in [1.29, 1.82) is 0 Å². The molecule has 1 atom stereocenters. The predicted molar refractivity (Wildman–Crippen MR) is 101 cm³/mol. The van der Waals surface area contributed by atoms with Gasteiger partial charge in [0.15, 0.2) is 0 Å². The van der Waals surface area contributed by atoms with Gasteiger partial charge in [-0.15, -0.1) is 0 Å². The third-order valence-corrected chi connectivity index (χ3v) is 6.19. The molecule has 1 saturated carbocycles. The summed E-state index contributed by atoms with van der Waals surface area (Å²) in [5.74, 6) is 0.247. The van der Waals surface area contributed by atoms with E-state index in [1.807, 2.05) is 4.90 Å². The zero-order valence-electron chi connectivity index (χ0n) is 15.4. The third kappa shape index (κ3) is 4.11. The molecule has 5 nitrogen and oxygen atoms in total. The minimum Gasteiger partial charge on any atom is -0.341 e. The largest absolute Gasteiger partial charge is 0.341 e. The Morgan fingerprint density at radius 1 is 1.11 bits per heavy atom. The number of benzene rings is 1. The highest BCUT2D eigenvalue weighted by atomic mass is 35.5. The lowest BCUT2D eigenvalue weighted by Gasteiger charge is -2.26. The average Bonchev–Trinajstić information content (AvgIpc) is 3.44. The Morgan fingerprint density at radius 2 is 1.93 bits per heavy atom. The SMILES string of the molecule is O=C(c1cc(F)ccc1Cl)N1CCCN([C@H]2CCN(CC3CC3)C2=O)CC1. The van der Waals surface area contributed by atoms with Crippen molar-refractivity contribution in [1.82, 2.24) is 14.7 Å². The first kappa shape index (κ1) is 18.7. The van der Waals surface area contributed by atoms with E-state index in [1.165, 1.54) is 31.0 Å². The maximum absolute atomic E-state index is 13.5. The van der Waals surface area contributed by atoms with Crippen molar-refractivity contribution in [3.63, 3.8) is 0 Å². The Labute approximate surface area is 164 Å². The second-order valence-electron chi connectivity index (χ2n) is 7.84. The van der Waals surface area contributed by atoms with Crippen LogP contribution in [0.1, 0.15) is 36.0 Å². The molecule has 146 valence electrons. The van der Waals surface area contributed by atoms with E-state index in [1.54, 1.807) is 4.90 Å². The number of nitrogens with zero attached hydrogens (tertiary/aromatic N) is 3. The van der Waals surface area contributed by atoms with Crippen LogP contribution < -0.4 is 0 Å². The molecule has 0 radical (unpaired) electrons. The minimum atomic E-state index is -0.466. The van der Waals surface area contributed by atoms with Crippen molar-refractivity contribution in [3.05, 3.63) is 34.6 Å². The van der Waals surface area contributed by atoms with Crippen LogP contribution in [0, 0.1) is 11.7 Å². The smallest absolute Gasteiger partial charge is 0.255 e. The molecule has 1 aromatic carbocycles. The quantitative estimate of drug-likeness (QED) is 0.789. The summed E-state index contributed by atoms with van der Waals surface area (Å²) in [5, 5.41) is 0.268. The van der Waals surface area contributed by atoms with E-state index in [0.29, 0.717) is 25.6 Å². The highest BCUT2D eigenvalue weighted by molar-refractivity contribution is 6.33. The molecule has 3 aliphatic rings. The Morgan fingerprint density at radius 3 is 2.70 bits per heavy atom. The third-order valence-electron chi connectivity index (χ3n) is 5.86. The van der Waals surface area contributed by atoms with E-state index in [9.17, 15) is 14.0 Å². The summed E-state index contributed by atoms with van der Waals surface area (Å²) in [6, 6.07) is 3.81. The Hall–Kier alpha value is -1.66.